The fourth-order valence-corrected chi connectivity index (χ4v) is 4.94. The van der Waals surface area contributed by atoms with Crippen molar-refractivity contribution in [2.75, 3.05) is 51.2 Å². The second-order valence-electron chi connectivity index (χ2n) is 6.30. The van der Waals surface area contributed by atoms with Gasteiger partial charge in [0.25, 0.3) is 10.0 Å². The molecule has 2 aliphatic heterocycles. The molecule has 3 heterocycles. The molecule has 0 saturated carbocycles. The summed E-state index contributed by atoms with van der Waals surface area (Å²) in [7, 11) is -1.22. The van der Waals surface area contributed by atoms with Gasteiger partial charge in [0, 0.05) is 19.2 Å². The molecule has 2 fully saturated rings. The molecular weight excluding hydrogens is 300 g/mol. The summed E-state index contributed by atoms with van der Waals surface area (Å²) in [5.74, 6) is 0. The zero-order chi connectivity index (χ0) is 15.6. The average Bonchev–Trinajstić information content (AvgIpc) is 2.56. The van der Waals surface area contributed by atoms with Gasteiger partial charge >= 0.3 is 0 Å². The number of nitrogens with one attached hydrogen (secondary N) is 2. The molecule has 3 rings (SSSR count). The van der Waals surface area contributed by atoms with Crippen LogP contribution in [0.15, 0.2) is 23.4 Å². The van der Waals surface area contributed by atoms with Crippen LogP contribution in [0.2, 0.25) is 0 Å². The van der Waals surface area contributed by atoms with Gasteiger partial charge in [-0.3, -0.25) is 0 Å². The summed E-state index contributed by atoms with van der Waals surface area (Å²) >= 11 is 0. The standard InChI is InChI=1S/C15H24N4O2S/c1-17-9-11-18(12-10-17)14-5-6-16-13-15(14)22(20,21)19-7-3-2-4-8-19/h5-6,13H,2-4,7-12H2,1H3/p+2. The summed E-state index contributed by atoms with van der Waals surface area (Å²) in [5.41, 5.74) is 0.844. The third-order valence-electron chi connectivity index (χ3n) is 4.69. The first-order valence-corrected chi connectivity index (χ1v) is 9.59. The van der Waals surface area contributed by atoms with E-state index in [1.54, 1.807) is 10.5 Å². The van der Waals surface area contributed by atoms with E-state index in [4.69, 9.17) is 0 Å². The first kappa shape index (κ1) is 15.7. The van der Waals surface area contributed by atoms with Crippen LogP contribution in [0.1, 0.15) is 19.3 Å². The predicted octanol–water partition coefficient (Wildman–Crippen LogP) is -0.990. The van der Waals surface area contributed by atoms with E-state index in [-0.39, 0.29) is 0 Å². The van der Waals surface area contributed by atoms with E-state index < -0.39 is 10.0 Å². The zero-order valence-electron chi connectivity index (χ0n) is 13.2. The number of piperazine rings is 1. The highest BCUT2D eigenvalue weighted by molar-refractivity contribution is 7.89. The van der Waals surface area contributed by atoms with Crippen molar-refractivity contribution in [1.29, 1.82) is 0 Å². The third kappa shape index (κ3) is 3.11. The zero-order valence-corrected chi connectivity index (χ0v) is 14.0. The minimum absolute atomic E-state index is 0.427. The van der Waals surface area contributed by atoms with Crippen molar-refractivity contribution < 1.29 is 18.3 Å². The van der Waals surface area contributed by atoms with Crippen molar-refractivity contribution in [3.05, 3.63) is 18.5 Å². The molecule has 0 radical (unpaired) electrons. The largest absolute Gasteiger partial charge is 0.359 e. The monoisotopic (exact) mass is 326 g/mol. The Balaban J connectivity index is 1.90. The molecule has 0 spiro atoms. The predicted molar refractivity (Wildman–Crippen MR) is 84.4 cm³/mol. The van der Waals surface area contributed by atoms with Crippen LogP contribution in [0.3, 0.4) is 0 Å². The van der Waals surface area contributed by atoms with E-state index in [1.165, 1.54) is 4.90 Å². The summed E-state index contributed by atoms with van der Waals surface area (Å²) in [5, 5.41) is 0. The topological polar surface area (TPSA) is 59.2 Å². The Bertz CT molecular complexity index is 606. The van der Waals surface area contributed by atoms with Crippen molar-refractivity contribution in [2.24, 2.45) is 0 Å². The minimum Gasteiger partial charge on any atom is -0.359 e. The first-order chi connectivity index (χ1) is 10.6. The van der Waals surface area contributed by atoms with Crippen molar-refractivity contribution in [2.45, 2.75) is 24.2 Å². The molecule has 0 amide bonds. The van der Waals surface area contributed by atoms with Gasteiger partial charge in [-0.25, -0.2) is 13.4 Å². The molecular formula is C15H26N4O2S+2. The highest BCUT2D eigenvalue weighted by atomic mass is 32.2. The molecule has 0 aromatic carbocycles. The molecule has 0 atom stereocenters. The van der Waals surface area contributed by atoms with Gasteiger partial charge < -0.3 is 9.80 Å². The number of hydrogen-bond donors (Lipinski definition) is 1. The number of H-pyrrole nitrogens is 1. The highest BCUT2D eigenvalue weighted by Gasteiger charge is 2.32. The second kappa shape index (κ2) is 6.52. The summed E-state index contributed by atoms with van der Waals surface area (Å²) in [6, 6.07) is 1.90. The molecule has 2 saturated heterocycles. The number of quaternary nitrogens is 1. The first-order valence-electron chi connectivity index (χ1n) is 8.15. The van der Waals surface area contributed by atoms with Crippen LogP contribution < -0.4 is 14.8 Å². The van der Waals surface area contributed by atoms with E-state index in [9.17, 15) is 8.42 Å². The Morgan fingerprint density at radius 3 is 2.45 bits per heavy atom. The number of nitrogens with zero attached hydrogens (tertiary/aromatic N) is 2. The molecule has 2 aliphatic rings. The number of piperidine rings is 1. The Kier molecular flexibility index (Phi) is 4.65. The fourth-order valence-electron chi connectivity index (χ4n) is 3.25. The maximum atomic E-state index is 13.0. The molecule has 7 heteroatoms. The van der Waals surface area contributed by atoms with Gasteiger partial charge in [0.05, 0.1) is 38.9 Å². The van der Waals surface area contributed by atoms with Crippen LogP contribution in [0.5, 0.6) is 0 Å². The Hall–Kier alpha value is -1.18. The van der Waals surface area contributed by atoms with E-state index in [2.05, 4.69) is 16.9 Å². The molecule has 0 aliphatic carbocycles. The van der Waals surface area contributed by atoms with E-state index >= 15 is 0 Å². The molecule has 6 nitrogen and oxygen atoms in total. The summed E-state index contributed by atoms with van der Waals surface area (Å²) in [6.45, 7) is 5.17. The lowest BCUT2D eigenvalue weighted by molar-refractivity contribution is -0.880. The van der Waals surface area contributed by atoms with Gasteiger partial charge in [-0.15, -0.1) is 0 Å². The number of hydrogen-bond acceptors (Lipinski definition) is 3. The van der Waals surface area contributed by atoms with Gasteiger partial charge in [0.15, 0.2) is 17.3 Å². The summed E-state index contributed by atoms with van der Waals surface area (Å²) in [4.78, 5) is 7.09. The quantitative estimate of drug-likeness (QED) is 0.776. The Labute approximate surface area is 132 Å². The van der Waals surface area contributed by atoms with Crippen molar-refractivity contribution in [3.63, 3.8) is 0 Å². The van der Waals surface area contributed by atoms with Gasteiger partial charge in [-0.05, 0) is 12.8 Å². The van der Waals surface area contributed by atoms with Gasteiger partial charge in [0.1, 0.15) is 0 Å². The average molecular weight is 326 g/mol. The van der Waals surface area contributed by atoms with E-state index in [0.29, 0.717) is 18.0 Å². The molecule has 1 aromatic heterocycles. The number of rotatable bonds is 3. The highest BCUT2D eigenvalue weighted by Crippen LogP contribution is 2.28. The Morgan fingerprint density at radius 2 is 1.77 bits per heavy atom. The van der Waals surface area contributed by atoms with Crippen LogP contribution in [0.25, 0.3) is 0 Å². The summed E-state index contributed by atoms with van der Waals surface area (Å²) in [6.07, 6.45) is 6.51. The van der Waals surface area contributed by atoms with E-state index in [1.807, 2.05) is 12.3 Å². The minimum atomic E-state index is -3.40. The third-order valence-corrected chi connectivity index (χ3v) is 6.62. The number of aromatic amines is 1. The number of sulfonamides is 1. The van der Waals surface area contributed by atoms with Crippen LogP contribution in [0.4, 0.5) is 5.69 Å². The lowest BCUT2D eigenvalue weighted by Gasteiger charge is -2.33. The van der Waals surface area contributed by atoms with Crippen LogP contribution in [0, 0.1) is 0 Å². The van der Waals surface area contributed by atoms with Gasteiger partial charge in [-0.1, -0.05) is 6.42 Å². The van der Waals surface area contributed by atoms with Crippen LogP contribution in [-0.4, -0.2) is 59.0 Å². The molecule has 122 valence electrons. The normalized spacial score (nSPS) is 22.0. The summed E-state index contributed by atoms with van der Waals surface area (Å²) < 4.78 is 27.6. The molecule has 2 N–H and O–H groups in total. The van der Waals surface area contributed by atoms with E-state index in [0.717, 1.165) is 51.1 Å². The van der Waals surface area contributed by atoms with Crippen molar-refractivity contribution >= 4 is 15.7 Å². The molecule has 1 aromatic rings. The molecule has 0 unspecified atom stereocenters. The lowest BCUT2D eigenvalue weighted by Crippen LogP contribution is -3.12. The Morgan fingerprint density at radius 1 is 1.09 bits per heavy atom. The van der Waals surface area contributed by atoms with Crippen molar-refractivity contribution in [1.82, 2.24) is 4.31 Å². The number of pyridine rings is 1. The van der Waals surface area contributed by atoms with Crippen molar-refractivity contribution in [3.8, 4) is 0 Å². The number of likely N-dealkylation sites (N-methyl/N-ethyl adjacent to an activating group) is 1. The van der Waals surface area contributed by atoms with Gasteiger partial charge in [0.2, 0.25) is 0 Å². The second-order valence-corrected chi connectivity index (χ2v) is 8.21. The fraction of sp³-hybridized carbons (Fsp3) is 0.667. The van der Waals surface area contributed by atoms with Crippen LogP contribution >= 0.6 is 0 Å². The maximum Gasteiger partial charge on any atom is 0.251 e. The van der Waals surface area contributed by atoms with Crippen LogP contribution in [-0.2, 0) is 10.0 Å². The SMILES string of the molecule is C[NH+]1CCN(c2cc[nH+]cc2S(=O)(=O)N2CCCCC2)CC1. The molecule has 22 heavy (non-hydrogen) atoms. The molecule has 0 bridgehead atoms. The lowest BCUT2D eigenvalue weighted by atomic mass is 10.2. The van der Waals surface area contributed by atoms with Gasteiger partial charge in [-0.2, -0.15) is 4.31 Å². The smallest absolute Gasteiger partial charge is 0.251 e. The number of aromatic nitrogens is 1. The number of anilines is 1. The maximum absolute atomic E-state index is 13.0.